The van der Waals surface area contributed by atoms with Crippen molar-refractivity contribution in [2.45, 2.75) is 32.9 Å². The van der Waals surface area contributed by atoms with E-state index in [4.69, 9.17) is 4.74 Å². The standard InChI is InChI=1S/C17H23N3O2/c1-12-7-6-8-16(9-12)22-14(3)17(21)20(5)13(2)15-10-18-19(4)11-15/h6-11,13-14H,1-5H3/t13-,14+/m0/s1. The Morgan fingerprint density at radius 1 is 1.36 bits per heavy atom. The molecule has 2 aromatic rings. The van der Waals surface area contributed by atoms with Crippen LogP contribution in [0.4, 0.5) is 0 Å². The minimum absolute atomic E-state index is 0.0511. The summed E-state index contributed by atoms with van der Waals surface area (Å²) in [6, 6.07) is 7.65. The Morgan fingerprint density at radius 3 is 2.68 bits per heavy atom. The van der Waals surface area contributed by atoms with Crippen LogP contribution in [0.2, 0.25) is 0 Å². The monoisotopic (exact) mass is 301 g/mol. The van der Waals surface area contributed by atoms with E-state index in [1.54, 1.807) is 29.7 Å². The molecular formula is C17H23N3O2. The molecule has 0 N–H and O–H groups in total. The molecule has 5 heteroatoms. The molecule has 2 atom stereocenters. The third-order valence-electron chi connectivity index (χ3n) is 3.79. The Hall–Kier alpha value is -2.30. The van der Waals surface area contributed by atoms with Crippen molar-refractivity contribution in [2.24, 2.45) is 7.05 Å². The third-order valence-corrected chi connectivity index (χ3v) is 3.79. The molecule has 118 valence electrons. The summed E-state index contributed by atoms with van der Waals surface area (Å²) >= 11 is 0. The third kappa shape index (κ3) is 3.67. The number of hydrogen-bond acceptors (Lipinski definition) is 3. The number of amides is 1. The van der Waals surface area contributed by atoms with Crippen molar-refractivity contribution in [3.63, 3.8) is 0 Å². The van der Waals surface area contributed by atoms with Crippen LogP contribution in [0, 0.1) is 6.92 Å². The van der Waals surface area contributed by atoms with Gasteiger partial charge in [0.05, 0.1) is 12.2 Å². The molecule has 0 saturated carbocycles. The second-order valence-corrected chi connectivity index (χ2v) is 5.65. The van der Waals surface area contributed by atoms with Crippen molar-refractivity contribution in [3.05, 3.63) is 47.8 Å². The molecule has 0 fully saturated rings. The number of carbonyl (C=O) groups excluding carboxylic acids is 1. The van der Waals surface area contributed by atoms with Gasteiger partial charge in [-0.3, -0.25) is 9.48 Å². The van der Waals surface area contributed by atoms with E-state index in [0.29, 0.717) is 5.75 Å². The average Bonchev–Trinajstić information content (AvgIpc) is 2.91. The van der Waals surface area contributed by atoms with Crippen LogP contribution in [0.15, 0.2) is 36.7 Å². The van der Waals surface area contributed by atoms with Crippen molar-refractivity contribution < 1.29 is 9.53 Å². The van der Waals surface area contributed by atoms with Gasteiger partial charge in [-0.15, -0.1) is 0 Å². The first-order chi connectivity index (χ1) is 10.4. The Morgan fingerprint density at radius 2 is 2.09 bits per heavy atom. The lowest BCUT2D eigenvalue weighted by Gasteiger charge is -2.27. The minimum Gasteiger partial charge on any atom is -0.481 e. The predicted molar refractivity (Wildman–Crippen MR) is 85.7 cm³/mol. The van der Waals surface area contributed by atoms with Crippen molar-refractivity contribution in [1.29, 1.82) is 0 Å². The van der Waals surface area contributed by atoms with E-state index in [1.165, 1.54) is 0 Å². The zero-order chi connectivity index (χ0) is 16.3. The second-order valence-electron chi connectivity index (χ2n) is 5.65. The molecule has 0 spiro atoms. The van der Waals surface area contributed by atoms with Crippen LogP contribution in [0.1, 0.15) is 31.0 Å². The number of ether oxygens (including phenoxy) is 1. The van der Waals surface area contributed by atoms with E-state index in [1.807, 2.05) is 51.4 Å². The molecule has 0 radical (unpaired) electrons. The second kappa shape index (κ2) is 6.64. The summed E-state index contributed by atoms with van der Waals surface area (Å²) < 4.78 is 7.49. The Kier molecular flexibility index (Phi) is 4.85. The number of likely N-dealkylation sites (N-methyl/N-ethyl adjacent to an activating group) is 1. The van der Waals surface area contributed by atoms with Gasteiger partial charge < -0.3 is 9.64 Å². The molecular weight excluding hydrogens is 278 g/mol. The molecule has 0 unspecified atom stereocenters. The predicted octanol–water partition coefficient (Wildman–Crippen LogP) is 2.72. The molecule has 0 saturated heterocycles. The maximum atomic E-state index is 12.5. The van der Waals surface area contributed by atoms with Crippen LogP contribution in [0.5, 0.6) is 5.75 Å². The molecule has 0 aliphatic rings. The first-order valence-electron chi connectivity index (χ1n) is 7.37. The summed E-state index contributed by atoms with van der Waals surface area (Å²) in [5.41, 5.74) is 2.11. The summed E-state index contributed by atoms with van der Waals surface area (Å²) in [5.74, 6) is 0.654. The largest absolute Gasteiger partial charge is 0.481 e. The summed E-state index contributed by atoms with van der Waals surface area (Å²) in [6.45, 7) is 5.75. The fourth-order valence-corrected chi connectivity index (χ4v) is 2.30. The number of rotatable bonds is 5. The van der Waals surface area contributed by atoms with E-state index < -0.39 is 6.10 Å². The minimum atomic E-state index is -0.536. The van der Waals surface area contributed by atoms with E-state index in [2.05, 4.69) is 5.10 Å². The summed E-state index contributed by atoms with van der Waals surface area (Å²) in [7, 11) is 3.65. The average molecular weight is 301 g/mol. The summed E-state index contributed by atoms with van der Waals surface area (Å²) in [5, 5.41) is 4.15. The highest BCUT2D eigenvalue weighted by atomic mass is 16.5. The molecule has 22 heavy (non-hydrogen) atoms. The van der Waals surface area contributed by atoms with Gasteiger partial charge in [-0.2, -0.15) is 5.10 Å². The van der Waals surface area contributed by atoms with Crippen LogP contribution in [-0.2, 0) is 11.8 Å². The molecule has 0 aliphatic carbocycles. The Labute approximate surface area is 131 Å². The highest BCUT2D eigenvalue weighted by Gasteiger charge is 2.24. The van der Waals surface area contributed by atoms with Gasteiger partial charge in [0.25, 0.3) is 5.91 Å². The molecule has 1 aromatic heterocycles. The van der Waals surface area contributed by atoms with E-state index in [9.17, 15) is 4.79 Å². The maximum Gasteiger partial charge on any atom is 0.263 e. The Bertz CT molecular complexity index is 651. The van der Waals surface area contributed by atoms with Gasteiger partial charge in [-0.25, -0.2) is 0 Å². The van der Waals surface area contributed by atoms with Crippen molar-refractivity contribution in [3.8, 4) is 5.75 Å². The van der Waals surface area contributed by atoms with Gasteiger partial charge in [-0.05, 0) is 38.5 Å². The van der Waals surface area contributed by atoms with Crippen LogP contribution in [0.25, 0.3) is 0 Å². The number of aryl methyl sites for hydroxylation is 2. The number of aromatic nitrogens is 2. The normalized spacial score (nSPS) is 13.5. The number of carbonyl (C=O) groups is 1. The lowest BCUT2D eigenvalue weighted by molar-refractivity contribution is -0.138. The molecule has 5 nitrogen and oxygen atoms in total. The Balaban J connectivity index is 2.03. The van der Waals surface area contributed by atoms with Gasteiger partial charge in [0.15, 0.2) is 6.10 Å². The van der Waals surface area contributed by atoms with Gasteiger partial charge in [0.2, 0.25) is 0 Å². The number of nitrogens with zero attached hydrogens (tertiary/aromatic N) is 3. The molecule has 1 amide bonds. The smallest absolute Gasteiger partial charge is 0.263 e. The van der Waals surface area contributed by atoms with Crippen LogP contribution >= 0.6 is 0 Å². The van der Waals surface area contributed by atoms with Gasteiger partial charge in [-0.1, -0.05) is 12.1 Å². The number of hydrogen-bond donors (Lipinski definition) is 0. The van der Waals surface area contributed by atoms with Crippen molar-refractivity contribution in [2.75, 3.05) is 7.05 Å². The lowest BCUT2D eigenvalue weighted by Crippen LogP contribution is -2.39. The summed E-state index contributed by atoms with van der Waals surface area (Å²) in [4.78, 5) is 14.2. The van der Waals surface area contributed by atoms with Crippen LogP contribution in [0.3, 0.4) is 0 Å². The van der Waals surface area contributed by atoms with Crippen molar-refractivity contribution in [1.82, 2.24) is 14.7 Å². The fraction of sp³-hybridized carbons (Fsp3) is 0.412. The van der Waals surface area contributed by atoms with Crippen LogP contribution < -0.4 is 4.74 Å². The zero-order valence-corrected chi connectivity index (χ0v) is 13.8. The van der Waals surface area contributed by atoms with E-state index >= 15 is 0 Å². The van der Waals surface area contributed by atoms with Gasteiger partial charge >= 0.3 is 0 Å². The first kappa shape index (κ1) is 16.1. The molecule has 0 aliphatic heterocycles. The quantitative estimate of drug-likeness (QED) is 0.853. The van der Waals surface area contributed by atoms with Gasteiger partial charge in [0, 0.05) is 25.9 Å². The summed E-state index contributed by atoms with van der Waals surface area (Å²) in [6.07, 6.45) is 3.16. The highest BCUT2D eigenvalue weighted by Crippen LogP contribution is 2.20. The van der Waals surface area contributed by atoms with E-state index in [-0.39, 0.29) is 11.9 Å². The van der Waals surface area contributed by atoms with Crippen molar-refractivity contribution >= 4 is 5.91 Å². The number of benzene rings is 1. The molecule has 2 rings (SSSR count). The van der Waals surface area contributed by atoms with E-state index in [0.717, 1.165) is 11.1 Å². The molecule has 1 heterocycles. The topological polar surface area (TPSA) is 47.4 Å². The lowest BCUT2D eigenvalue weighted by atomic mass is 10.1. The maximum absolute atomic E-state index is 12.5. The SMILES string of the molecule is Cc1cccc(O[C@H](C)C(=O)N(C)[C@@H](C)c2cnn(C)c2)c1. The van der Waals surface area contributed by atoms with Crippen LogP contribution in [-0.4, -0.2) is 33.7 Å². The zero-order valence-electron chi connectivity index (χ0n) is 13.8. The fourth-order valence-electron chi connectivity index (χ4n) is 2.30. The first-order valence-corrected chi connectivity index (χ1v) is 7.37. The molecule has 1 aromatic carbocycles. The highest BCUT2D eigenvalue weighted by molar-refractivity contribution is 5.81. The molecule has 0 bridgehead atoms. The van der Waals surface area contributed by atoms with Gasteiger partial charge in [0.1, 0.15) is 5.75 Å².